The van der Waals surface area contributed by atoms with Crippen molar-refractivity contribution in [3.8, 4) is 0 Å². The maximum atomic E-state index is 5.75. The predicted octanol–water partition coefficient (Wildman–Crippen LogP) is 1.07. The van der Waals surface area contributed by atoms with Crippen molar-refractivity contribution in [2.75, 3.05) is 32.1 Å². The van der Waals surface area contributed by atoms with Crippen molar-refractivity contribution >= 4 is 5.82 Å². The predicted molar refractivity (Wildman–Crippen MR) is 71.1 cm³/mol. The first-order valence-corrected chi connectivity index (χ1v) is 6.27. The maximum Gasteiger partial charge on any atom is 0.132 e. The standard InChI is InChI=1S/C13H22N4/c1-16-8-4-6-12(16)10-17(2)13-11(9-14)5-3-7-15-13/h3,5,7,12H,4,6,8-10,14H2,1-2H3. The van der Waals surface area contributed by atoms with Crippen molar-refractivity contribution in [3.63, 3.8) is 0 Å². The van der Waals surface area contributed by atoms with Gasteiger partial charge in [-0.1, -0.05) is 6.07 Å². The molecule has 0 amide bonds. The van der Waals surface area contributed by atoms with Crippen LogP contribution in [0, 0.1) is 0 Å². The van der Waals surface area contributed by atoms with E-state index in [9.17, 15) is 0 Å². The van der Waals surface area contributed by atoms with E-state index in [0.29, 0.717) is 12.6 Å². The Balaban J connectivity index is 2.06. The van der Waals surface area contributed by atoms with Crippen molar-refractivity contribution in [1.82, 2.24) is 9.88 Å². The third-order valence-electron chi connectivity index (χ3n) is 3.61. The number of hydrogen-bond acceptors (Lipinski definition) is 4. The summed E-state index contributed by atoms with van der Waals surface area (Å²) in [6.07, 6.45) is 4.43. The van der Waals surface area contributed by atoms with Gasteiger partial charge >= 0.3 is 0 Å². The molecule has 0 bridgehead atoms. The lowest BCUT2D eigenvalue weighted by Gasteiger charge is -2.27. The molecule has 1 aliphatic heterocycles. The number of nitrogens with zero attached hydrogens (tertiary/aromatic N) is 3. The molecule has 1 aromatic rings. The Morgan fingerprint density at radius 1 is 1.59 bits per heavy atom. The summed E-state index contributed by atoms with van der Waals surface area (Å²) in [7, 11) is 4.31. The molecule has 17 heavy (non-hydrogen) atoms. The summed E-state index contributed by atoms with van der Waals surface area (Å²) >= 11 is 0. The minimum atomic E-state index is 0.550. The third kappa shape index (κ3) is 2.76. The van der Waals surface area contributed by atoms with Crippen LogP contribution in [0.15, 0.2) is 18.3 Å². The molecule has 1 atom stereocenters. The molecule has 0 aliphatic carbocycles. The molecular formula is C13H22N4. The molecule has 2 rings (SSSR count). The second-order valence-electron chi connectivity index (χ2n) is 4.85. The van der Waals surface area contributed by atoms with Crippen LogP contribution in [0.1, 0.15) is 18.4 Å². The lowest BCUT2D eigenvalue weighted by molar-refractivity contribution is 0.314. The number of aromatic nitrogens is 1. The van der Waals surface area contributed by atoms with Gasteiger partial charge in [-0.25, -0.2) is 4.98 Å². The molecule has 0 spiro atoms. The van der Waals surface area contributed by atoms with Gasteiger partial charge in [-0.05, 0) is 32.5 Å². The fourth-order valence-electron chi connectivity index (χ4n) is 2.55. The fraction of sp³-hybridized carbons (Fsp3) is 0.615. The molecule has 0 aromatic carbocycles. The molecular weight excluding hydrogens is 212 g/mol. The van der Waals surface area contributed by atoms with E-state index in [1.54, 1.807) is 0 Å². The zero-order chi connectivity index (χ0) is 12.3. The first kappa shape index (κ1) is 12.3. The molecule has 0 radical (unpaired) electrons. The Kier molecular flexibility index (Phi) is 3.97. The summed E-state index contributed by atoms with van der Waals surface area (Å²) < 4.78 is 0. The van der Waals surface area contributed by atoms with Crippen molar-refractivity contribution in [3.05, 3.63) is 23.9 Å². The van der Waals surface area contributed by atoms with Crippen LogP contribution in [0.5, 0.6) is 0 Å². The second kappa shape index (κ2) is 5.47. The summed E-state index contributed by atoms with van der Waals surface area (Å²) in [5.74, 6) is 1.02. The summed E-state index contributed by atoms with van der Waals surface area (Å²) in [6, 6.07) is 4.64. The van der Waals surface area contributed by atoms with E-state index in [1.165, 1.54) is 19.4 Å². The smallest absolute Gasteiger partial charge is 0.132 e. The molecule has 2 heterocycles. The lowest BCUT2D eigenvalue weighted by atomic mass is 10.2. The van der Waals surface area contributed by atoms with E-state index in [-0.39, 0.29) is 0 Å². The van der Waals surface area contributed by atoms with Crippen LogP contribution in [-0.4, -0.2) is 43.1 Å². The van der Waals surface area contributed by atoms with E-state index in [4.69, 9.17) is 5.73 Å². The van der Waals surface area contributed by atoms with Crippen molar-refractivity contribution in [2.24, 2.45) is 5.73 Å². The largest absolute Gasteiger partial charge is 0.358 e. The zero-order valence-electron chi connectivity index (χ0n) is 10.8. The number of likely N-dealkylation sites (tertiary alicyclic amines) is 1. The first-order valence-electron chi connectivity index (χ1n) is 6.27. The average molecular weight is 234 g/mol. The van der Waals surface area contributed by atoms with Crippen LogP contribution < -0.4 is 10.6 Å². The van der Waals surface area contributed by atoms with Gasteiger partial charge in [-0.3, -0.25) is 0 Å². The number of hydrogen-bond donors (Lipinski definition) is 1. The maximum absolute atomic E-state index is 5.75. The first-order chi connectivity index (χ1) is 8.22. The van der Waals surface area contributed by atoms with E-state index < -0.39 is 0 Å². The third-order valence-corrected chi connectivity index (χ3v) is 3.61. The normalized spacial score (nSPS) is 20.8. The molecule has 94 valence electrons. The summed E-state index contributed by atoms with van der Waals surface area (Å²) in [6.45, 7) is 2.79. The van der Waals surface area contributed by atoms with Gasteiger partial charge in [-0.15, -0.1) is 0 Å². The fourth-order valence-corrected chi connectivity index (χ4v) is 2.55. The second-order valence-corrected chi connectivity index (χ2v) is 4.85. The van der Waals surface area contributed by atoms with Crippen LogP contribution in [0.2, 0.25) is 0 Å². The zero-order valence-corrected chi connectivity index (χ0v) is 10.8. The minimum absolute atomic E-state index is 0.550. The number of anilines is 1. The van der Waals surface area contributed by atoms with Gasteiger partial charge in [0.05, 0.1) is 0 Å². The molecule has 4 heteroatoms. The number of pyridine rings is 1. The van der Waals surface area contributed by atoms with Gasteiger partial charge in [-0.2, -0.15) is 0 Å². The Morgan fingerprint density at radius 3 is 3.06 bits per heavy atom. The average Bonchev–Trinajstić information content (AvgIpc) is 2.75. The Bertz CT molecular complexity index is 366. The highest BCUT2D eigenvalue weighted by Crippen LogP contribution is 2.20. The Hall–Kier alpha value is -1.13. The van der Waals surface area contributed by atoms with Crippen LogP contribution in [0.3, 0.4) is 0 Å². The minimum Gasteiger partial charge on any atom is -0.358 e. The summed E-state index contributed by atoms with van der Waals surface area (Å²) in [5.41, 5.74) is 6.87. The highest BCUT2D eigenvalue weighted by atomic mass is 15.2. The van der Waals surface area contributed by atoms with Gasteiger partial charge in [0, 0.05) is 37.9 Å². The molecule has 1 aromatic heterocycles. The highest BCUT2D eigenvalue weighted by Gasteiger charge is 2.23. The quantitative estimate of drug-likeness (QED) is 0.846. The molecule has 1 saturated heterocycles. The van der Waals surface area contributed by atoms with E-state index in [1.807, 2.05) is 12.3 Å². The SMILES string of the molecule is CN(CC1CCCN1C)c1ncccc1CN. The Morgan fingerprint density at radius 2 is 2.41 bits per heavy atom. The molecule has 1 aliphatic rings. The molecule has 4 nitrogen and oxygen atoms in total. The molecule has 1 fully saturated rings. The van der Waals surface area contributed by atoms with Gasteiger partial charge in [0.2, 0.25) is 0 Å². The van der Waals surface area contributed by atoms with Gasteiger partial charge < -0.3 is 15.5 Å². The number of nitrogens with two attached hydrogens (primary N) is 1. The van der Waals surface area contributed by atoms with Crippen LogP contribution in [-0.2, 0) is 6.54 Å². The van der Waals surface area contributed by atoms with Crippen molar-refractivity contribution in [1.29, 1.82) is 0 Å². The summed E-state index contributed by atoms with van der Waals surface area (Å²) in [4.78, 5) is 9.11. The highest BCUT2D eigenvalue weighted by molar-refractivity contribution is 5.46. The van der Waals surface area contributed by atoms with Gasteiger partial charge in [0.25, 0.3) is 0 Å². The molecule has 2 N–H and O–H groups in total. The van der Waals surface area contributed by atoms with E-state index >= 15 is 0 Å². The molecule has 1 unspecified atom stereocenters. The topological polar surface area (TPSA) is 45.4 Å². The van der Waals surface area contributed by atoms with Crippen molar-refractivity contribution < 1.29 is 0 Å². The van der Waals surface area contributed by atoms with E-state index in [2.05, 4.69) is 34.9 Å². The molecule has 0 saturated carbocycles. The van der Waals surface area contributed by atoms with Crippen LogP contribution >= 0.6 is 0 Å². The number of rotatable bonds is 4. The lowest BCUT2D eigenvalue weighted by Crippen LogP contribution is -2.37. The van der Waals surface area contributed by atoms with Crippen LogP contribution in [0.25, 0.3) is 0 Å². The van der Waals surface area contributed by atoms with Gasteiger partial charge in [0.1, 0.15) is 5.82 Å². The summed E-state index contributed by atoms with van der Waals surface area (Å²) in [5, 5.41) is 0. The van der Waals surface area contributed by atoms with E-state index in [0.717, 1.165) is 17.9 Å². The van der Waals surface area contributed by atoms with Crippen LogP contribution in [0.4, 0.5) is 5.82 Å². The Labute approximate surface area is 103 Å². The van der Waals surface area contributed by atoms with Gasteiger partial charge in [0.15, 0.2) is 0 Å². The van der Waals surface area contributed by atoms with Crippen molar-refractivity contribution in [2.45, 2.75) is 25.4 Å². The number of likely N-dealkylation sites (N-methyl/N-ethyl adjacent to an activating group) is 2. The monoisotopic (exact) mass is 234 g/mol.